The third kappa shape index (κ3) is 1.49. The van der Waals surface area contributed by atoms with Crippen LogP contribution in [0, 0.1) is 29.6 Å². The molecule has 0 nitrogen and oxygen atoms in total. The Kier molecular flexibility index (Phi) is 2.78. The molecule has 0 heterocycles. The average Bonchev–Trinajstić information content (AvgIpc) is 2.02. The van der Waals surface area contributed by atoms with Crippen LogP contribution in [0.15, 0.2) is 0 Å². The standard InChI is InChI=1S/C12H20.Al.3H/c1-2-12-10-4-8-3-9(6-10)7-11(12)5-8;;;;/h8-12H,2-7H2,1H3;;;;. The summed E-state index contributed by atoms with van der Waals surface area (Å²) < 4.78 is 0. The monoisotopic (exact) mass is 194 g/mol. The zero-order chi connectivity index (χ0) is 8.13. The van der Waals surface area contributed by atoms with Crippen LogP contribution in [0.2, 0.25) is 0 Å². The van der Waals surface area contributed by atoms with Gasteiger partial charge in [0.25, 0.3) is 0 Å². The summed E-state index contributed by atoms with van der Waals surface area (Å²) in [5.41, 5.74) is 0. The fourth-order valence-electron chi connectivity index (χ4n) is 4.70. The highest BCUT2D eigenvalue weighted by atomic mass is 27.0. The predicted octanol–water partition coefficient (Wildman–Crippen LogP) is 2.28. The Morgan fingerprint density at radius 1 is 0.846 bits per heavy atom. The second-order valence-corrected chi connectivity index (χ2v) is 5.50. The van der Waals surface area contributed by atoms with Crippen molar-refractivity contribution in [2.45, 2.75) is 45.4 Å². The highest BCUT2D eigenvalue weighted by molar-refractivity contribution is 5.75. The second-order valence-electron chi connectivity index (χ2n) is 5.50. The molecule has 0 unspecified atom stereocenters. The van der Waals surface area contributed by atoms with Gasteiger partial charge in [-0.3, -0.25) is 0 Å². The lowest BCUT2D eigenvalue weighted by Gasteiger charge is -2.54. The summed E-state index contributed by atoms with van der Waals surface area (Å²) in [4.78, 5) is 0. The molecule has 13 heavy (non-hydrogen) atoms. The van der Waals surface area contributed by atoms with Gasteiger partial charge in [-0.1, -0.05) is 13.3 Å². The van der Waals surface area contributed by atoms with E-state index in [1.807, 2.05) is 0 Å². The zero-order valence-electron chi connectivity index (χ0n) is 8.13. The van der Waals surface area contributed by atoms with Crippen molar-refractivity contribution in [3.8, 4) is 0 Å². The van der Waals surface area contributed by atoms with Crippen molar-refractivity contribution in [2.24, 2.45) is 29.6 Å². The molecule has 4 rings (SSSR count). The molecule has 4 bridgehead atoms. The molecule has 4 aliphatic rings. The lowest BCUT2D eigenvalue weighted by molar-refractivity contribution is -0.0376. The summed E-state index contributed by atoms with van der Waals surface area (Å²) in [7, 11) is 0. The molecule has 4 aliphatic carbocycles. The van der Waals surface area contributed by atoms with Gasteiger partial charge in [-0.15, -0.1) is 0 Å². The van der Waals surface area contributed by atoms with Crippen LogP contribution >= 0.6 is 0 Å². The molecule has 0 atom stereocenters. The zero-order valence-corrected chi connectivity index (χ0v) is 8.13. The van der Waals surface area contributed by atoms with Crippen molar-refractivity contribution < 1.29 is 0 Å². The first-order valence-electron chi connectivity index (χ1n) is 5.86. The summed E-state index contributed by atoms with van der Waals surface area (Å²) >= 11 is 0. The first-order chi connectivity index (χ1) is 5.86. The number of hydrogen-bond donors (Lipinski definition) is 0. The van der Waals surface area contributed by atoms with Gasteiger partial charge in [0.05, 0.1) is 0 Å². The highest BCUT2D eigenvalue weighted by Gasteiger charge is 2.47. The Balaban J connectivity index is 0.000000653. The van der Waals surface area contributed by atoms with Crippen LogP contribution in [0.4, 0.5) is 0 Å². The maximum absolute atomic E-state index is 2.41. The van der Waals surface area contributed by atoms with Gasteiger partial charge in [-0.2, -0.15) is 0 Å². The number of hydrogen-bond acceptors (Lipinski definition) is 0. The van der Waals surface area contributed by atoms with Crippen LogP contribution in [0.3, 0.4) is 0 Å². The number of rotatable bonds is 1. The van der Waals surface area contributed by atoms with Crippen molar-refractivity contribution in [3.63, 3.8) is 0 Å². The topological polar surface area (TPSA) is 0 Å². The van der Waals surface area contributed by atoms with Gasteiger partial charge in [0, 0.05) is 0 Å². The van der Waals surface area contributed by atoms with E-state index in [0.717, 1.165) is 29.6 Å². The third-order valence-electron chi connectivity index (χ3n) is 4.89. The van der Waals surface area contributed by atoms with E-state index in [4.69, 9.17) is 0 Å². The van der Waals surface area contributed by atoms with Crippen LogP contribution in [0.1, 0.15) is 45.4 Å². The molecule has 74 valence electrons. The molecule has 0 aliphatic heterocycles. The molecule has 4 fully saturated rings. The summed E-state index contributed by atoms with van der Waals surface area (Å²) in [5, 5.41) is 0. The van der Waals surface area contributed by atoms with E-state index in [1.54, 1.807) is 32.1 Å². The molecule has 1 heteroatoms. The Bertz CT molecular complexity index is 160. The molecule has 0 amide bonds. The minimum absolute atomic E-state index is 0. The lowest BCUT2D eigenvalue weighted by atomic mass is 9.51. The molecule has 0 N–H and O–H groups in total. The molecule has 0 saturated heterocycles. The Labute approximate surface area is 92.6 Å². The van der Waals surface area contributed by atoms with Crippen molar-refractivity contribution in [1.82, 2.24) is 0 Å². The van der Waals surface area contributed by atoms with Crippen LogP contribution in [-0.4, -0.2) is 17.4 Å². The van der Waals surface area contributed by atoms with Gasteiger partial charge in [-0.25, -0.2) is 0 Å². The Morgan fingerprint density at radius 2 is 1.31 bits per heavy atom. The van der Waals surface area contributed by atoms with E-state index >= 15 is 0 Å². The van der Waals surface area contributed by atoms with Crippen LogP contribution in [0.25, 0.3) is 0 Å². The predicted molar refractivity (Wildman–Crippen MR) is 60.8 cm³/mol. The molecule has 0 aromatic heterocycles. The van der Waals surface area contributed by atoms with Crippen molar-refractivity contribution in [2.75, 3.05) is 0 Å². The van der Waals surface area contributed by atoms with E-state index in [0.29, 0.717) is 0 Å². The van der Waals surface area contributed by atoms with Crippen LogP contribution in [-0.2, 0) is 0 Å². The SMILES string of the molecule is CCC1C2CC3CC(C2)CC1C3.[AlH3]. The molecule has 0 aromatic rings. The van der Waals surface area contributed by atoms with Gasteiger partial charge in [0.1, 0.15) is 0 Å². The molecule has 0 aromatic carbocycles. The van der Waals surface area contributed by atoms with E-state index < -0.39 is 0 Å². The van der Waals surface area contributed by atoms with Gasteiger partial charge in [-0.05, 0) is 61.7 Å². The largest absolute Gasteiger partial charge is 0.187 e. The minimum atomic E-state index is 0. The maximum Gasteiger partial charge on any atom is 0.187 e. The van der Waals surface area contributed by atoms with E-state index in [9.17, 15) is 0 Å². The quantitative estimate of drug-likeness (QED) is 0.562. The first-order valence-corrected chi connectivity index (χ1v) is 5.86. The molecular formula is C12H23Al. The summed E-state index contributed by atoms with van der Waals surface area (Å²) in [6.45, 7) is 2.41. The Morgan fingerprint density at radius 3 is 1.69 bits per heavy atom. The summed E-state index contributed by atoms with van der Waals surface area (Å²) in [6, 6.07) is 0. The maximum atomic E-state index is 2.41. The van der Waals surface area contributed by atoms with Crippen LogP contribution < -0.4 is 0 Å². The first kappa shape index (κ1) is 10.1. The van der Waals surface area contributed by atoms with Crippen molar-refractivity contribution >= 4 is 17.4 Å². The molecule has 0 radical (unpaired) electrons. The fraction of sp³-hybridized carbons (Fsp3) is 1.00. The highest BCUT2D eigenvalue weighted by Crippen LogP contribution is 2.57. The summed E-state index contributed by atoms with van der Waals surface area (Å²) in [6.07, 6.45) is 9.48. The van der Waals surface area contributed by atoms with Crippen LogP contribution in [0.5, 0.6) is 0 Å². The van der Waals surface area contributed by atoms with Crippen molar-refractivity contribution in [1.29, 1.82) is 0 Å². The van der Waals surface area contributed by atoms with E-state index in [-0.39, 0.29) is 17.4 Å². The average molecular weight is 194 g/mol. The third-order valence-corrected chi connectivity index (χ3v) is 4.89. The van der Waals surface area contributed by atoms with E-state index in [1.165, 1.54) is 6.42 Å². The van der Waals surface area contributed by atoms with Crippen molar-refractivity contribution in [3.05, 3.63) is 0 Å². The second kappa shape index (κ2) is 3.59. The van der Waals surface area contributed by atoms with Gasteiger partial charge >= 0.3 is 0 Å². The van der Waals surface area contributed by atoms with Gasteiger partial charge < -0.3 is 0 Å². The van der Waals surface area contributed by atoms with E-state index in [2.05, 4.69) is 6.92 Å². The molecule has 0 spiro atoms. The fourth-order valence-corrected chi connectivity index (χ4v) is 4.70. The molecule has 4 saturated carbocycles. The molecular weight excluding hydrogens is 171 g/mol. The minimum Gasteiger partial charge on any atom is -0.0651 e. The lowest BCUT2D eigenvalue weighted by Crippen LogP contribution is -2.44. The normalized spacial score (nSPS) is 51.9. The van der Waals surface area contributed by atoms with Gasteiger partial charge in [0.2, 0.25) is 0 Å². The summed E-state index contributed by atoms with van der Waals surface area (Å²) in [5.74, 6) is 5.78. The smallest absolute Gasteiger partial charge is 0.0651 e. The van der Waals surface area contributed by atoms with Gasteiger partial charge in [0.15, 0.2) is 17.4 Å². The Hall–Kier alpha value is 0.532.